The number of sulfonamides is 1. The molecule has 0 saturated carbocycles. The van der Waals surface area contributed by atoms with E-state index in [4.69, 9.17) is 4.74 Å². The molecule has 0 aliphatic rings. The largest absolute Gasteiger partial charge is 0.491 e. The smallest absolute Gasteiger partial charge is 0.251 e. The van der Waals surface area contributed by atoms with E-state index in [1.807, 2.05) is 38.1 Å². The number of hydrogen-bond acceptors (Lipinski definition) is 4. The average molecular weight is 391 g/mol. The van der Waals surface area contributed by atoms with Crippen molar-refractivity contribution in [2.75, 3.05) is 24.2 Å². The maximum Gasteiger partial charge on any atom is 0.251 e. The van der Waals surface area contributed by atoms with Crippen molar-refractivity contribution in [3.8, 4) is 5.75 Å². The van der Waals surface area contributed by atoms with Crippen LogP contribution < -0.4 is 14.4 Å². The van der Waals surface area contributed by atoms with E-state index in [1.165, 1.54) is 11.4 Å². The number of para-hydroxylation sites is 1. The lowest BCUT2D eigenvalue weighted by Gasteiger charge is -2.20. The molecule has 0 aliphatic carbocycles. The minimum absolute atomic E-state index is 0.184. The summed E-state index contributed by atoms with van der Waals surface area (Å²) in [6.07, 6.45) is 1.14. The van der Waals surface area contributed by atoms with E-state index < -0.39 is 10.0 Å². The number of nitrogens with one attached hydrogen (secondary N) is 1. The molecule has 1 N–H and O–H groups in total. The Bertz CT molecular complexity index is 925. The van der Waals surface area contributed by atoms with E-state index in [0.29, 0.717) is 23.4 Å². The molecule has 7 heteroatoms. The second kappa shape index (κ2) is 8.43. The van der Waals surface area contributed by atoms with Crippen molar-refractivity contribution < 1.29 is 17.9 Å². The van der Waals surface area contributed by atoms with Crippen LogP contribution in [0.15, 0.2) is 42.5 Å². The van der Waals surface area contributed by atoms with Gasteiger partial charge in [-0.15, -0.1) is 0 Å². The van der Waals surface area contributed by atoms with E-state index in [-0.39, 0.29) is 11.9 Å². The van der Waals surface area contributed by atoms with Crippen molar-refractivity contribution in [3.05, 3.63) is 59.2 Å². The van der Waals surface area contributed by atoms with E-state index >= 15 is 0 Å². The molecule has 0 saturated heterocycles. The highest BCUT2D eigenvalue weighted by Gasteiger charge is 2.17. The average Bonchev–Trinajstić information content (AvgIpc) is 2.59. The van der Waals surface area contributed by atoms with Crippen LogP contribution in [-0.2, 0) is 10.0 Å². The monoisotopic (exact) mass is 390 g/mol. The molecule has 27 heavy (non-hydrogen) atoms. The number of nitrogens with zero attached hydrogens (tertiary/aromatic N) is 1. The first-order valence-corrected chi connectivity index (χ1v) is 10.5. The Hall–Kier alpha value is -2.54. The van der Waals surface area contributed by atoms with Gasteiger partial charge in [-0.05, 0) is 56.2 Å². The summed E-state index contributed by atoms with van der Waals surface area (Å²) < 4.78 is 30.3. The van der Waals surface area contributed by atoms with Crippen molar-refractivity contribution in [3.63, 3.8) is 0 Å². The highest BCUT2D eigenvalue weighted by atomic mass is 32.2. The molecule has 0 fully saturated rings. The van der Waals surface area contributed by atoms with Crippen molar-refractivity contribution >= 4 is 21.6 Å². The van der Waals surface area contributed by atoms with Crippen LogP contribution in [0, 0.1) is 13.8 Å². The Morgan fingerprint density at radius 2 is 1.81 bits per heavy atom. The van der Waals surface area contributed by atoms with Gasteiger partial charge in [0.1, 0.15) is 12.4 Å². The highest BCUT2D eigenvalue weighted by Crippen LogP contribution is 2.22. The highest BCUT2D eigenvalue weighted by molar-refractivity contribution is 7.92. The number of rotatable bonds is 7. The van der Waals surface area contributed by atoms with Gasteiger partial charge >= 0.3 is 0 Å². The van der Waals surface area contributed by atoms with Gasteiger partial charge in [0, 0.05) is 12.6 Å². The Morgan fingerprint density at radius 3 is 2.41 bits per heavy atom. The second-order valence-electron chi connectivity index (χ2n) is 6.68. The van der Waals surface area contributed by atoms with Crippen molar-refractivity contribution in [1.82, 2.24) is 5.32 Å². The van der Waals surface area contributed by atoms with Crippen LogP contribution in [0.2, 0.25) is 0 Å². The Balaban J connectivity index is 2.01. The van der Waals surface area contributed by atoms with Crippen LogP contribution in [0.25, 0.3) is 0 Å². The minimum atomic E-state index is -3.35. The first-order valence-electron chi connectivity index (χ1n) is 8.63. The number of ether oxygens (including phenoxy) is 1. The summed E-state index contributed by atoms with van der Waals surface area (Å²) in [4.78, 5) is 12.5. The fourth-order valence-electron chi connectivity index (χ4n) is 2.61. The molecule has 2 rings (SSSR count). The van der Waals surface area contributed by atoms with Gasteiger partial charge in [-0.1, -0.05) is 18.2 Å². The normalized spacial score (nSPS) is 12.3. The Morgan fingerprint density at radius 1 is 1.15 bits per heavy atom. The van der Waals surface area contributed by atoms with E-state index in [0.717, 1.165) is 17.6 Å². The van der Waals surface area contributed by atoms with Crippen LogP contribution in [0.1, 0.15) is 28.4 Å². The molecule has 6 nitrogen and oxygen atoms in total. The zero-order valence-electron chi connectivity index (χ0n) is 16.3. The number of aryl methyl sites for hydroxylation is 2. The van der Waals surface area contributed by atoms with Gasteiger partial charge in [0.05, 0.1) is 18.0 Å². The molecular formula is C20H26N2O4S. The lowest BCUT2D eigenvalue weighted by Crippen LogP contribution is -2.37. The molecule has 0 aromatic heterocycles. The van der Waals surface area contributed by atoms with Crippen LogP contribution in [0.4, 0.5) is 5.69 Å². The van der Waals surface area contributed by atoms with Gasteiger partial charge in [0.15, 0.2) is 0 Å². The van der Waals surface area contributed by atoms with Crippen LogP contribution >= 0.6 is 0 Å². The predicted molar refractivity (Wildman–Crippen MR) is 108 cm³/mol. The zero-order chi connectivity index (χ0) is 20.2. The molecule has 146 valence electrons. The van der Waals surface area contributed by atoms with Crippen LogP contribution in [0.5, 0.6) is 5.75 Å². The molecule has 0 bridgehead atoms. The van der Waals surface area contributed by atoms with Crippen LogP contribution in [-0.4, -0.2) is 40.3 Å². The summed E-state index contributed by atoms with van der Waals surface area (Å²) in [6, 6.07) is 12.5. The first-order chi connectivity index (χ1) is 12.6. The van der Waals surface area contributed by atoms with Crippen LogP contribution in [0.3, 0.4) is 0 Å². The molecule has 0 heterocycles. The standard InChI is InChI=1S/C20H26N2O4S/c1-14-8-6-7-9-19(14)26-13-16(3)21-20(23)17-10-11-18(15(2)12-17)22(4)27(5,24)25/h6-12,16H,13H2,1-5H3,(H,21,23). The summed E-state index contributed by atoms with van der Waals surface area (Å²) in [5.74, 6) is 0.565. The molecule has 0 spiro atoms. The summed E-state index contributed by atoms with van der Waals surface area (Å²) >= 11 is 0. The summed E-state index contributed by atoms with van der Waals surface area (Å²) in [6.45, 7) is 5.97. The lowest BCUT2D eigenvalue weighted by atomic mass is 10.1. The quantitative estimate of drug-likeness (QED) is 0.789. The maximum absolute atomic E-state index is 12.5. The number of carbonyl (C=O) groups excluding carboxylic acids is 1. The summed E-state index contributed by atoms with van der Waals surface area (Å²) in [7, 11) is -1.86. The number of carbonyl (C=O) groups is 1. The molecule has 2 aromatic rings. The first kappa shape index (κ1) is 20.8. The van der Waals surface area contributed by atoms with E-state index in [2.05, 4.69) is 5.32 Å². The molecular weight excluding hydrogens is 364 g/mol. The molecule has 1 atom stereocenters. The number of benzene rings is 2. The zero-order valence-corrected chi connectivity index (χ0v) is 17.1. The fraction of sp³-hybridized carbons (Fsp3) is 0.350. The van der Waals surface area contributed by atoms with Gasteiger partial charge in [-0.2, -0.15) is 0 Å². The predicted octanol–water partition coefficient (Wildman–Crippen LogP) is 2.90. The maximum atomic E-state index is 12.5. The van der Waals surface area contributed by atoms with Crippen molar-refractivity contribution in [2.24, 2.45) is 0 Å². The van der Waals surface area contributed by atoms with Crippen molar-refractivity contribution in [1.29, 1.82) is 0 Å². The SMILES string of the molecule is Cc1ccccc1OCC(C)NC(=O)c1ccc(N(C)S(C)(=O)=O)c(C)c1. The lowest BCUT2D eigenvalue weighted by molar-refractivity contribution is 0.0926. The fourth-order valence-corrected chi connectivity index (χ4v) is 3.17. The third-order valence-corrected chi connectivity index (χ3v) is 5.45. The summed E-state index contributed by atoms with van der Waals surface area (Å²) in [5.41, 5.74) is 2.77. The van der Waals surface area contributed by atoms with Crippen molar-refractivity contribution in [2.45, 2.75) is 26.8 Å². The number of anilines is 1. The molecule has 1 amide bonds. The number of hydrogen-bond donors (Lipinski definition) is 1. The third-order valence-electron chi connectivity index (χ3n) is 4.26. The third kappa shape index (κ3) is 5.47. The molecule has 0 radical (unpaired) electrons. The Labute approximate surface area is 161 Å². The van der Waals surface area contributed by atoms with E-state index in [9.17, 15) is 13.2 Å². The molecule has 2 aromatic carbocycles. The summed E-state index contributed by atoms with van der Waals surface area (Å²) in [5, 5.41) is 2.90. The molecule has 1 unspecified atom stereocenters. The van der Waals surface area contributed by atoms with Gasteiger partial charge in [0.25, 0.3) is 5.91 Å². The second-order valence-corrected chi connectivity index (χ2v) is 8.70. The van der Waals surface area contributed by atoms with Gasteiger partial charge < -0.3 is 10.1 Å². The van der Waals surface area contributed by atoms with Gasteiger partial charge in [-0.3, -0.25) is 9.10 Å². The number of amides is 1. The van der Waals surface area contributed by atoms with E-state index in [1.54, 1.807) is 25.1 Å². The van der Waals surface area contributed by atoms with Gasteiger partial charge in [0.2, 0.25) is 10.0 Å². The minimum Gasteiger partial charge on any atom is -0.491 e. The topological polar surface area (TPSA) is 75.7 Å². The molecule has 0 aliphatic heterocycles. The van der Waals surface area contributed by atoms with Gasteiger partial charge in [-0.25, -0.2) is 8.42 Å². The Kier molecular flexibility index (Phi) is 6.49.